The van der Waals surface area contributed by atoms with Crippen molar-refractivity contribution in [2.45, 2.75) is 6.42 Å². The first-order chi connectivity index (χ1) is 9.56. The van der Waals surface area contributed by atoms with Gasteiger partial charge in [0.25, 0.3) is 11.6 Å². The number of nitro groups is 1. The summed E-state index contributed by atoms with van der Waals surface area (Å²) in [6.07, 6.45) is 0.756. The Hall–Kier alpha value is -2.15. The summed E-state index contributed by atoms with van der Waals surface area (Å²) in [5, 5.41) is 22.8. The molecule has 0 spiro atoms. The Kier molecular flexibility index (Phi) is 4.19. The van der Waals surface area contributed by atoms with Gasteiger partial charge in [0, 0.05) is 50.5 Å². The smallest absolute Gasteiger partial charge is 0.270 e. The molecule has 1 unspecified atom stereocenters. The number of hydrogen-bond donors (Lipinski definition) is 2. The Morgan fingerprint density at radius 2 is 2.35 bits per heavy atom. The van der Waals surface area contributed by atoms with E-state index in [1.54, 1.807) is 11.9 Å². The van der Waals surface area contributed by atoms with Gasteiger partial charge in [-0.25, -0.2) is 0 Å². The van der Waals surface area contributed by atoms with Crippen molar-refractivity contribution >= 4 is 17.3 Å². The van der Waals surface area contributed by atoms with E-state index in [1.165, 1.54) is 18.2 Å². The van der Waals surface area contributed by atoms with Crippen LogP contribution in [-0.4, -0.2) is 47.6 Å². The zero-order valence-corrected chi connectivity index (χ0v) is 11.2. The van der Waals surface area contributed by atoms with Gasteiger partial charge in [0.2, 0.25) is 0 Å². The molecule has 7 nitrogen and oxygen atoms in total. The molecule has 20 heavy (non-hydrogen) atoms. The number of amides is 1. The second-order valence-electron chi connectivity index (χ2n) is 4.83. The number of nitro benzene ring substituents is 1. The third-order valence-electron chi connectivity index (χ3n) is 3.54. The van der Waals surface area contributed by atoms with E-state index < -0.39 is 4.92 Å². The molecule has 1 amide bonds. The molecule has 1 fully saturated rings. The Morgan fingerprint density at radius 3 is 2.90 bits per heavy atom. The third kappa shape index (κ3) is 2.72. The number of nitrogens with one attached hydrogen (secondary N) is 1. The minimum absolute atomic E-state index is 0.0532. The minimum atomic E-state index is -0.517. The quantitative estimate of drug-likeness (QED) is 0.635. The number of hydrogen-bond acceptors (Lipinski definition) is 5. The molecule has 2 rings (SSSR count). The molecule has 1 aliphatic heterocycles. The van der Waals surface area contributed by atoms with Crippen molar-refractivity contribution in [2.24, 2.45) is 5.92 Å². The fraction of sp³-hybridized carbons (Fsp3) is 0.462. The average Bonchev–Trinajstić information content (AvgIpc) is 2.94. The van der Waals surface area contributed by atoms with Gasteiger partial charge in [0.05, 0.1) is 10.5 Å². The zero-order chi connectivity index (χ0) is 14.7. The zero-order valence-electron chi connectivity index (χ0n) is 11.2. The molecule has 1 aromatic carbocycles. The standard InChI is InChI=1S/C13H17N3O4/c1-14-12-3-2-10(16(19)20)6-11(12)13(18)15-5-4-9(7-15)8-17/h2-3,6,9,14,17H,4-5,7-8H2,1H3. The lowest BCUT2D eigenvalue weighted by molar-refractivity contribution is -0.384. The lowest BCUT2D eigenvalue weighted by Crippen LogP contribution is -2.29. The van der Waals surface area contributed by atoms with Crippen molar-refractivity contribution in [2.75, 3.05) is 32.1 Å². The Bertz CT molecular complexity index is 532. The summed E-state index contributed by atoms with van der Waals surface area (Å²) in [4.78, 5) is 24.4. The highest BCUT2D eigenvalue weighted by Crippen LogP contribution is 2.25. The van der Waals surface area contributed by atoms with E-state index in [4.69, 9.17) is 5.11 Å². The Morgan fingerprint density at radius 1 is 1.60 bits per heavy atom. The van der Waals surface area contributed by atoms with E-state index in [-0.39, 0.29) is 24.1 Å². The molecule has 0 aliphatic carbocycles. The SMILES string of the molecule is CNc1ccc([N+](=O)[O-])cc1C(=O)N1CCC(CO)C1. The molecule has 7 heteroatoms. The molecule has 1 heterocycles. The van der Waals surface area contributed by atoms with Crippen LogP contribution < -0.4 is 5.32 Å². The molecule has 1 saturated heterocycles. The van der Waals surface area contributed by atoms with Crippen LogP contribution in [0, 0.1) is 16.0 Å². The molecule has 1 aliphatic rings. The van der Waals surface area contributed by atoms with Crippen LogP contribution in [0.2, 0.25) is 0 Å². The van der Waals surface area contributed by atoms with E-state index in [9.17, 15) is 14.9 Å². The molecule has 0 bridgehead atoms. The summed E-state index contributed by atoms with van der Waals surface area (Å²) < 4.78 is 0. The van der Waals surface area contributed by atoms with Crippen LogP contribution in [0.4, 0.5) is 11.4 Å². The lowest BCUT2D eigenvalue weighted by Gasteiger charge is -2.18. The van der Waals surface area contributed by atoms with E-state index >= 15 is 0 Å². The van der Waals surface area contributed by atoms with Gasteiger partial charge in [-0.1, -0.05) is 0 Å². The van der Waals surface area contributed by atoms with Crippen LogP contribution >= 0.6 is 0 Å². The van der Waals surface area contributed by atoms with Crippen molar-refractivity contribution in [3.05, 3.63) is 33.9 Å². The van der Waals surface area contributed by atoms with Crippen LogP contribution in [-0.2, 0) is 0 Å². The highest BCUT2D eigenvalue weighted by molar-refractivity contribution is 6.00. The highest BCUT2D eigenvalue weighted by Gasteiger charge is 2.28. The average molecular weight is 279 g/mol. The van der Waals surface area contributed by atoms with Crippen LogP contribution in [0.1, 0.15) is 16.8 Å². The number of nitrogens with zero attached hydrogens (tertiary/aromatic N) is 2. The molecular formula is C13H17N3O4. The minimum Gasteiger partial charge on any atom is -0.396 e. The monoisotopic (exact) mass is 279 g/mol. The molecule has 0 aromatic heterocycles. The maximum atomic E-state index is 12.4. The molecule has 0 radical (unpaired) electrons. The van der Waals surface area contributed by atoms with Crippen molar-refractivity contribution < 1.29 is 14.8 Å². The van der Waals surface area contributed by atoms with Gasteiger partial charge >= 0.3 is 0 Å². The second kappa shape index (κ2) is 5.87. The van der Waals surface area contributed by atoms with E-state index in [0.717, 1.165) is 6.42 Å². The van der Waals surface area contributed by atoms with Gasteiger partial charge in [-0.15, -0.1) is 0 Å². The number of aliphatic hydroxyl groups is 1. The summed E-state index contributed by atoms with van der Waals surface area (Å²) in [5.41, 5.74) is 0.749. The Balaban J connectivity index is 2.28. The van der Waals surface area contributed by atoms with Gasteiger partial charge < -0.3 is 15.3 Å². The van der Waals surface area contributed by atoms with Crippen molar-refractivity contribution in [3.8, 4) is 0 Å². The maximum absolute atomic E-state index is 12.4. The molecule has 1 aromatic rings. The van der Waals surface area contributed by atoms with E-state index in [0.29, 0.717) is 24.3 Å². The summed E-state index contributed by atoms with van der Waals surface area (Å²) in [6.45, 7) is 1.11. The largest absolute Gasteiger partial charge is 0.396 e. The lowest BCUT2D eigenvalue weighted by atomic mass is 10.1. The predicted molar refractivity (Wildman–Crippen MR) is 73.7 cm³/mol. The number of anilines is 1. The third-order valence-corrected chi connectivity index (χ3v) is 3.54. The van der Waals surface area contributed by atoms with E-state index in [1.807, 2.05) is 0 Å². The molecule has 108 valence electrons. The number of likely N-dealkylation sites (tertiary alicyclic amines) is 1. The fourth-order valence-electron chi connectivity index (χ4n) is 2.38. The number of rotatable bonds is 4. The van der Waals surface area contributed by atoms with Gasteiger partial charge in [-0.05, 0) is 12.5 Å². The summed E-state index contributed by atoms with van der Waals surface area (Å²) in [5.74, 6) is -0.148. The van der Waals surface area contributed by atoms with Crippen molar-refractivity contribution in [1.82, 2.24) is 4.90 Å². The molecule has 2 N–H and O–H groups in total. The topological polar surface area (TPSA) is 95.7 Å². The first kappa shape index (κ1) is 14.3. The normalized spacial score (nSPS) is 18.1. The van der Waals surface area contributed by atoms with Gasteiger partial charge in [0.1, 0.15) is 0 Å². The highest BCUT2D eigenvalue weighted by atomic mass is 16.6. The van der Waals surface area contributed by atoms with Crippen molar-refractivity contribution in [1.29, 1.82) is 0 Å². The number of benzene rings is 1. The van der Waals surface area contributed by atoms with Crippen LogP contribution in [0.15, 0.2) is 18.2 Å². The first-order valence-electron chi connectivity index (χ1n) is 6.43. The fourth-order valence-corrected chi connectivity index (χ4v) is 2.38. The summed E-state index contributed by atoms with van der Waals surface area (Å²) in [6, 6.07) is 4.19. The van der Waals surface area contributed by atoms with Gasteiger partial charge in [-0.3, -0.25) is 14.9 Å². The predicted octanol–water partition coefficient (Wildman–Crippen LogP) is 1.09. The summed E-state index contributed by atoms with van der Waals surface area (Å²) >= 11 is 0. The number of carbonyl (C=O) groups excluding carboxylic acids is 1. The Labute approximate surface area is 116 Å². The van der Waals surface area contributed by atoms with Gasteiger partial charge in [-0.2, -0.15) is 0 Å². The second-order valence-corrected chi connectivity index (χ2v) is 4.83. The number of aliphatic hydroxyl groups excluding tert-OH is 1. The van der Waals surface area contributed by atoms with Crippen LogP contribution in [0.5, 0.6) is 0 Å². The molecule has 1 atom stereocenters. The first-order valence-corrected chi connectivity index (χ1v) is 6.43. The van der Waals surface area contributed by atoms with Crippen LogP contribution in [0.25, 0.3) is 0 Å². The molecular weight excluding hydrogens is 262 g/mol. The molecule has 0 saturated carbocycles. The van der Waals surface area contributed by atoms with E-state index in [2.05, 4.69) is 5.32 Å². The van der Waals surface area contributed by atoms with Crippen LogP contribution in [0.3, 0.4) is 0 Å². The summed E-state index contributed by atoms with van der Waals surface area (Å²) in [7, 11) is 1.67. The number of non-ortho nitro benzene ring substituents is 1. The van der Waals surface area contributed by atoms with Crippen molar-refractivity contribution in [3.63, 3.8) is 0 Å². The maximum Gasteiger partial charge on any atom is 0.270 e. The van der Waals surface area contributed by atoms with Gasteiger partial charge in [0.15, 0.2) is 0 Å². The number of carbonyl (C=O) groups is 1.